The molecule has 3 aromatic rings. The monoisotopic (exact) mass is 505 g/mol. The molecule has 1 fully saturated rings. The summed E-state index contributed by atoms with van der Waals surface area (Å²) in [5, 5.41) is 10.8. The Morgan fingerprint density at radius 1 is 1.11 bits per heavy atom. The van der Waals surface area contributed by atoms with Crippen LogP contribution in [0, 0.1) is 0 Å². The number of rotatable bonds is 6. The first-order valence-corrected chi connectivity index (χ1v) is 11.6. The number of ketones is 1. The molecule has 0 bridgehead atoms. The van der Waals surface area contributed by atoms with Crippen molar-refractivity contribution < 1.29 is 19.5 Å². The van der Waals surface area contributed by atoms with Gasteiger partial charge in [0.05, 0.1) is 10.7 Å². The molecule has 0 aliphatic carbocycles. The zero-order valence-electron chi connectivity index (χ0n) is 19.6. The van der Waals surface area contributed by atoms with Crippen LogP contribution in [0.2, 0.25) is 0 Å². The molecule has 10 heteroatoms. The maximum atomic E-state index is 12.9. The van der Waals surface area contributed by atoms with E-state index in [0.717, 1.165) is 11.4 Å². The zero-order chi connectivity index (χ0) is 25.8. The fraction of sp³-hybridized carbons (Fsp3) is 0.192. The van der Waals surface area contributed by atoms with Crippen molar-refractivity contribution in [3.05, 3.63) is 75.5 Å². The lowest BCUT2D eigenvalue weighted by Crippen LogP contribution is -2.49. The summed E-state index contributed by atoms with van der Waals surface area (Å²) in [4.78, 5) is 51.6. The molecule has 1 aliphatic rings. The van der Waals surface area contributed by atoms with Crippen LogP contribution in [0.15, 0.2) is 53.7 Å². The Kier molecular flexibility index (Phi) is 7.30. The van der Waals surface area contributed by atoms with Gasteiger partial charge in [-0.15, -0.1) is 0 Å². The normalized spacial score (nSPS) is 14.7. The molecule has 0 spiro atoms. The molecule has 4 rings (SSSR count). The number of aromatic amines is 1. The minimum Gasteiger partial charge on any atom is -0.475 e. The second-order valence-corrected chi connectivity index (χ2v) is 8.60. The summed E-state index contributed by atoms with van der Waals surface area (Å²) in [6.45, 7) is 7.90. The van der Waals surface area contributed by atoms with E-state index in [1.165, 1.54) is 18.2 Å². The Labute approximate surface area is 212 Å². The third-order valence-corrected chi connectivity index (χ3v) is 6.17. The number of pyridine rings is 1. The van der Waals surface area contributed by atoms with Crippen molar-refractivity contribution in [2.45, 2.75) is 6.92 Å². The summed E-state index contributed by atoms with van der Waals surface area (Å²) in [6.07, 6.45) is 5.25. The molecular formula is C26H24ClN5O4. The number of nitrogens with one attached hydrogen (secondary N) is 1. The minimum atomic E-state index is -1.55. The molecule has 9 nitrogen and oxygen atoms in total. The van der Waals surface area contributed by atoms with Crippen molar-refractivity contribution in [1.29, 1.82) is 0 Å². The van der Waals surface area contributed by atoms with Gasteiger partial charge in [0.1, 0.15) is 11.6 Å². The van der Waals surface area contributed by atoms with E-state index < -0.39 is 11.8 Å². The Morgan fingerprint density at radius 3 is 2.47 bits per heavy atom. The van der Waals surface area contributed by atoms with Gasteiger partial charge in [-0.1, -0.05) is 36.4 Å². The van der Waals surface area contributed by atoms with Crippen LogP contribution in [0.5, 0.6) is 0 Å². The van der Waals surface area contributed by atoms with E-state index in [1.807, 2.05) is 19.1 Å². The van der Waals surface area contributed by atoms with E-state index in [9.17, 15) is 14.4 Å². The number of halogens is 1. The van der Waals surface area contributed by atoms with Gasteiger partial charge in [0.15, 0.2) is 0 Å². The Morgan fingerprint density at radius 2 is 1.83 bits per heavy atom. The van der Waals surface area contributed by atoms with Crippen LogP contribution in [-0.2, 0) is 4.79 Å². The number of carbonyl (C=O) groups is 3. The van der Waals surface area contributed by atoms with Crippen LogP contribution in [0.1, 0.15) is 27.6 Å². The van der Waals surface area contributed by atoms with Crippen LogP contribution in [0.3, 0.4) is 0 Å². The average Bonchev–Trinajstić information content (AvgIpc) is 3.27. The fourth-order valence-corrected chi connectivity index (χ4v) is 3.95. The van der Waals surface area contributed by atoms with Crippen LogP contribution < -0.4 is 15.6 Å². The highest BCUT2D eigenvalue weighted by molar-refractivity contribution is 6.40. The smallest absolute Gasteiger partial charge is 0.377 e. The number of benzene rings is 1. The molecule has 1 saturated heterocycles. The quantitative estimate of drug-likeness (QED) is 0.388. The number of carboxylic acids is 1. The molecule has 1 aliphatic heterocycles. The Bertz CT molecular complexity index is 1450. The SMILES string of the molecule is C=c1[nH]c(-c2ccc(N3CCN(C(=O)c4cccc(C(=O)C(=O)O)c4)CC3)nc2)n/c1=C/C(Cl)=CC. The largest absolute Gasteiger partial charge is 0.475 e. The Balaban J connectivity index is 1.41. The van der Waals surface area contributed by atoms with Crippen molar-refractivity contribution >= 4 is 47.7 Å². The summed E-state index contributed by atoms with van der Waals surface area (Å²) in [7, 11) is 0. The van der Waals surface area contributed by atoms with Crippen molar-refractivity contribution in [3.63, 3.8) is 0 Å². The number of aliphatic carboxylic acids is 1. The predicted molar refractivity (Wildman–Crippen MR) is 137 cm³/mol. The summed E-state index contributed by atoms with van der Waals surface area (Å²) in [5.41, 5.74) is 1.08. The van der Waals surface area contributed by atoms with Crippen molar-refractivity contribution in [3.8, 4) is 11.4 Å². The summed E-state index contributed by atoms with van der Waals surface area (Å²) in [5.74, 6) is -1.41. The van der Waals surface area contributed by atoms with Gasteiger partial charge in [-0.2, -0.15) is 0 Å². The first-order valence-electron chi connectivity index (χ1n) is 11.2. The number of Topliss-reactive ketones (excluding diaryl/α,β-unsaturated/α-hetero) is 1. The molecular weight excluding hydrogens is 482 g/mol. The first-order chi connectivity index (χ1) is 17.3. The van der Waals surface area contributed by atoms with E-state index >= 15 is 0 Å². The van der Waals surface area contributed by atoms with Crippen molar-refractivity contribution in [2.24, 2.45) is 0 Å². The van der Waals surface area contributed by atoms with E-state index in [0.29, 0.717) is 47.7 Å². The minimum absolute atomic E-state index is 0.0197. The van der Waals surface area contributed by atoms with Gasteiger partial charge in [0, 0.05) is 54.1 Å². The number of allylic oxidation sites excluding steroid dienone is 2. The molecule has 0 saturated carbocycles. The second-order valence-electron chi connectivity index (χ2n) is 8.17. The second kappa shape index (κ2) is 10.6. The molecule has 3 heterocycles. The van der Waals surface area contributed by atoms with Gasteiger partial charge >= 0.3 is 5.97 Å². The number of hydrogen-bond acceptors (Lipinski definition) is 6. The highest BCUT2D eigenvalue weighted by Gasteiger charge is 2.24. The lowest BCUT2D eigenvalue weighted by molar-refractivity contribution is -0.131. The number of nitrogens with zero attached hydrogens (tertiary/aromatic N) is 4. The van der Waals surface area contributed by atoms with Crippen molar-refractivity contribution in [2.75, 3.05) is 31.1 Å². The number of carboxylic acid groups (broad SMARTS) is 1. The summed E-state index contributed by atoms with van der Waals surface area (Å²) >= 11 is 6.08. The van der Waals surface area contributed by atoms with Crippen LogP contribution in [0.4, 0.5) is 5.82 Å². The lowest BCUT2D eigenvalue weighted by Gasteiger charge is -2.35. The number of anilines is 1. The molecule has 1 aromatic carbocycles. The van der Waals surface area contributed by atoms with Gasteiger partial charge in [-0.25, -0.2) is 14.8 Å². The third-order valence-electron chi connectivity index (χ3n) is 5.84. The maximum absolute atomic E-state index is 12.9. The van der Waals surface area contributed by atoms with Crippen LogP contribution in [-0.4, -0.2) is 68.8 Å². The van der Waals surface area contributed by atoms with Crippen LogP contribution >= 0.6 is 11.6 Å². The number of carbonyl (C=O) groups excluding carboxylic acids is 2. The Hall–Kier alpha value is -4.24. The van der Waals surface area contributed by atoms with Gasteiger partial charge in [0.2, 0.25) is 0 Å². The molecule has 0 radical (unpaired) electrons. The van der Waals surface area contributed by atoms with E-state index in [1.54, 1.807) is 29.3 Å². The highest BCUT2D eigenvalue weighted by Crippen LogP contribution is 2.19. The number of hydrogen-bond donors (Lipinski definition) is 2. The maximum Gasteiger partial charge on any atom is 0.377 e. The lowest BCUT2D eigenvalue weighted by atomic mass is 10.1. The standard InChI is InChI=1S/C26H24ClN5O4/c1-3-20(27)14-21-16(2)29-24(30-21)19-7-8-22(28-15-19)31-9-11-32(12-10-31)25(34)18-6-4-5-17(13-18)23(33)26(35)36/h3-8,13-15H,2,9-12H2,1H3,(H,29,30)(H,35,36)/b20-3?,21-14+. The number of aromatic nitrogens is 3. The van der Waals surface area contributed by atoms with Crippen molar-refractivity contribution in [1.82, 2.24) is 19.9 Å². The number of amides is 1. The first kappa shape index (κ1) is 24.9. The molecule has 0 atom stereocenters. The topological polar surface area (TPSA) is 119 Å². The molecule has 2 aromatic heterocycles. The van der Waals surface area contributed by atoms with Gasteiger partial charge < -0.3 is 19.9 Å². The fourth-order valence-electron chi connectivity index (χ4n) is 3.84. The predicted octanol–water partition coefficient (Wildman–Crippen LogP) is 2.03. The molecule has 1 amide bonds. The van der Waals surface area contributed by atoms with E-state index in [2.05, 4.69) is 26.4 Å². The summed E-state index contributed by atoms with van der Waals surface area (Å²) in [6, 6.07) is 9.63. The molecule has 184 valence electrons. The van der Waals surface area contributed by atoms with Gasteiger partial charge in [-0.3, -0.25) is 9.59 Å². The number of piperazine rings is 1. The summed E-state index contributed by atoms with van der Waals surface area (Å²) < 4.78 is 0. The molecule has 36 heavy (non-hydrogen) atoms. The van der Waals surface area contributed by atoms with Gasteiger partial charge in [-0.05, 0) is 37.3 Å². The third kappa shape index (κ3) is 5.36. The molecule has 2 N–H and O–H groups in total. The average molecular weight is 506 g/mol. The van der Waals surface area contributed by atoms with Gasteiger partial charge in [0.25, 0.3) is 11.7 Å². The number of H-pyrrole nitrogens is 1. The van der Waals surface area contributed by atoms with E-state index in [4.69, 9.17) is 16.7 Å². The highest BCUT2D eigenvalue weighted by atomic mass is 35.5. The zero-order valence-corrected chi connectivity index (χ0v) is 20.3. The number of imidazole rings is 1. The van der Waals surface area contributed by atoms with Crippen LogP contribution in [0.25, 0.3) is 24.0 Å². The molecule has 0 unspecified atom stereocenters. The van der Waals surface area contributed by atoms with E-state index in [-0.39, 0.29) is 17.0 Å².